The zero-order valence-corrected chi connectivity index (χ0v) is 17.5. The number of aliphatic carboxylic acids is 4. The monoisotopic (exact) mass is 498 g/mol. The molecule has 0 spiro atoms. The molecule has 15 heteroatoms. The van der Waals surface area contributed by atoms with Gasteiger partial charge < -0.3 is 50.7 Å². The van der Waals surface area contributed by atoms with Crippen molar-refractivity contribution in [1.29, 1.82) is 0 Å². The highest BCUT2D eigenvalue weighted by molar-refractivity contribution is 9.10. The molecule has 5 atom stereocenters. The Morgan fingerprint density at radius 2 is 1.03 bits per heavy atom. The second-order valence-corrected chi connectivity index (χ2v) is 6.09. The van der Waals surface area contributed by atoms with Crippen LogP contribution in [-0.2, 0) is 23.9 Å². The van der Waals surface area contributed by atoms with Crippen LogP contribution in [0.3, 0.4) is 0 Å². The molecule has 1 rings (SSSR count). The molecular formula is C14H27BrO14. The molecule has 1 fully saturated rings. The summed E-state index contributed by atoms with van der Waals surface area (Å²) in [6.07, 6.45) is -5.82. The Kier molecular flexibility index (Phi) is 21.7. The lowest BCUT2D eigenvalue weighted by Crippen LogP contribution is -2.62. The minimum Gasteiger partial charge on any atom is -0.481 e. The predicted octanol–water partition coefficient (Wildman–Crippen LogP) is -2.14. The lowest BCUT2D eigenvalue weighted by molar-refractivity contribution is -0.301. The second kappa shape index (κ2) is 18.2. The van der Waals surface area contributed by atoms with Crippen LogP contribution in [0.5, 0.6) is 0 Å². The van der Waals surface area contributed by atoms with Gasteiger partial charge in [-0.1, -0.05) is 0 Å². The lowest BCUT2D eigenvalue weighted by Gasteiger charge is -2.42. The normalized spacial score (nSPS) is 26.8. The maximum atomic E-state index is 9.29. The first-order valence-corrected chi connectivity index (χ1v) is 8.14. The maximum absolute atomic E-state index is 9.29. The number of carboxylic acids is 4. The van der Waals surface area contributed by atoms with Crippen molar-refractivity contribution in [3.05, 3.63) is 0 Å². The van der Waals surface area contributed by atoms with Gasteiger partial charge in [-0.2, -0.15) is 0 Å². The number of ether oxygens (including phenoxy) is 1. The van der Waals surface area contributed by atoms with Crippen LogP contribution in [0.1, 0.15) is 27.7 Å². The van der Waals surface area contributed by atoms with E-state index in [1.807, 2.05) is 0 Å². The molecule has 0 aromatic heterocycles. The van der Waals surface area contributed by atoms with Crippen LogP contribution in [0, 0.1) is 0 Å². The second-order valence-electron chi connectivity index (χ2n) is 4.95. The first-order chi connectivity index (χ1) is 12.8. The van der Waals surface area contributed by atoms with Crippen molar-refractivity contribution >= 4 is 39.8 Å². The molecule has 0 unspecified atom stereocenters. The summed E-state index contributed by atoms with van der Waals surface area (Å²) in [5.41, 5.74) is 0. The number of aliphatic hydroxyl groups is 5. The summed E-state index contributed by atoms with van der Waals surface area (Å²) in [5.74, 6) is -3.33. The third-order valence-corrected chi connectivity index (χ3v) is 2.57. The van der Waals surface area contributed by atoms with Gasteiger partial charge in [-0.25, -0.2) is 0 Å². The van der Waals surface area contributed by atoms with Gasteiger partial charge in [-0.05, 0) is 15.9 Å². The van der Waals surface area contributed by atoms with E-state index >= 15 is 0 Å². The first kappa shape index (κ1) is 34.6. The van der Waals surface area contributed by atoms with Crippen LogP contribution in [0.2, 0.25) is 0 Å². The Morgan fingerprint density at radius 1 is 0.793 bits per heavy atom. The van der Waals surface area contributed by atoms with E-state index in [1.54, 1.807) is 0 Å². The van der Waals surface area contributed by atoms with Gasteiger partial charge in [0.1, 0.15) is 24.4 Å². The van der Waals surface area contributed by atoms with Crippen LogP contribution in [0.25, 0.3) is 0 Å². The molecule has 29 heavy (non-hydrogen) atoms. The number of carboxylic acid groups (broad SMARTS) is 4. The van der Waals surface area contributed by atoms with Crippen LogP contribution in [0.4, 0.5) is 0 Å². The van der Waals surface area contributed by atoms with Gasteiger partial charge in [-0.15, -0.1) is 0 Å². The van der Waals surface area contributed by atoms with E-state index in [4.69, 9.17) is 44.7 Å². The molecule has 1 aliphatic heterocycles. The molecule has 0 aromatic rings. The van der Waals surface area contributed by atoms with Gasteiger partial charge in [0.25, 0.3) is 28.6 Å². The fraction of sp³-hybridized carbons (Fsp3) is 0.714. The van der Waals surface area contributed by atoms with Crippen molar-refractivity contribution in [3.8, 4) is 0 Å². The molecule has 0 saturated carbocycles. The first-order valence-electron chi connectivity index (χ1n) is 7.35. The number of aliphatic hydroxyl groups excluding tert-OH is 4. The topological polar surface area (TPSA) is 260 Å². The number of rotatable bonds is 1. The van der Waals surface area contributed by atoms with E-state index in [2.05, 4.69) is 20.7 Å². The smallest absolute Gasteiger partial charge is 0.300 e. The van der Waals surface area contributed by atoms with Crippen LogP contribution in [0.15, 0.2) is 0 Å². The van der Waals surface area contributed by atoms with Crippen LogP contribution in [-0.4, -0.2) is 106 Å². The standard InChI is InChI=1S/C6H11BrO6.4C2H4O2/c7-6(12)5(11)4(10)3(9)2(1-8)13-6;4*1-2(3)4/h2-5,8-12H,1H2;4*1H3,(H,3,4)/t2-,3+,4+,5-,6-;;;;/m1..../s1. The van der Waals surface area contributed by atoms with Gasteiger partial charge in [-0.3, -0.25) is 19.2 Å². The van der Waals surface area contributed by atoms with Gasteiger partial charge in [0.2, 0.25) is 0 Å². The van der Waals surface area contributed by atoms with E-state index in [9.17, 15) is 20.4 Å². The lowest BCUT2D eigenvalue weighted by atomic mass is 9.99. The highest BCUT2D eigenvalue weighted by Crippen LogP contribution is 2.32. The quantitative estimate of drug-likeness (QED) is 0.175. The average molecular weight is 499 g/mol. The summed E-state index contributed by atoms with van der Waals surface area (Å²) < 4.78 is 2.54. The number of hydrogen-bond acceptors (Lipinski definition) is 10. The number of hydrogen-bond donors (Lipinski definition) is 9. The summed E-state index contributed by atoms with van der Waals surface area (Å²) in [7, 11) is 0. The summed E-state index contributed by atoms with van der Waals surface area (Å²) in [6, 6.07) is 0. The molecule has 0 aromatic carbocycles. The number of alkyl halides is 1. The third-order valence-electron chi connectivity index (χ3n) is 1.92. The van der Waals surface area contributed by atoms with E-state index in [0.717, 1.165) is 27.7 Å². The fourth-order valence-electron chi connectivity index (χ4n) is 1.11. The minimum absolute atomic E-state index is 0.571. The van der Waals surface area contributed by atoms with Gasteiger partial charge in [0, 0.05) is 27.7 Å². The largest absolute Gasteiger partial charge is 0.481 e. The predicted molar refractivity (Wildman–Crippen MR) is 97.1 cm³/mol. The van der Waals surface area contributed by atoms with Crippen molar-refractivity contribution < 1.29 is 69.9 Å². The minimum atomic E-state index is -2.14. The molecule has 14 nitrogen and oxygen atoms in total. The van der Waals surface area contributed by atoms with Crippen molar-refractivity contribution in [2.24, 2.45) is 0 Å². The Balaban J connectivity index is -0.000000162. The Morgan fingerprint density at radius 3 is 1.24 bits per heavy atom. The fourth-order valence-corrected chi connectivity index (χ4v) is 1.63. The van der Waals surface area contributed by atoms with Gasteiger partial charge >= 0.3 is 0 Å². The Bertz CT molecular complexity index is 429. The molecule has 1 aliphatic rings. The molecule has 174 valence electrons. The van der Waals surface area contributed by atoms with Crippen molar-refractivity contribution in [2.75, 3.05) is 6.61 Å². The molecule has 0 amide bonds. The van der Waals surface area contributed by atoms with Crippen molar-refractivity contribution in [3.63, 3.8) is 0 Å². The molecule has 0 radical (unpaired) electrons. The summed E-state index contributed by atoms with van der Waals surface area (Å²) in [5, 5.41) is 75.2. The summed E-state index contributed by atoms with van der Waals surface area (Å²) >= 11 is 2.61. The van der Waals surface area contributed by atoms with Crippen molar-refractivity contribution in [2.45, 2.75) is 56.8 Å². The Hall–Kier alpha value is -1.88. The van der Waals surface area contributed by atoms with E-state index < -0.39 is 59.6 Å². The molecule has 0 aliphatic carbocycles. The van der Waals surface area contributed by atoms with E-state index in [0.29, 0.717) is 0 Å². The highest BCUT2D eigenvalue weighted by Gasteiger charge is 2.51. The van der Waals surface area contributed by atoms with E-state index in [-0.39, 0.29) is 0 Å². The molecule has 1 saturated heterocycles. The summed E-state index contributed by atoms with van der Waals surface area (Å²) in [6.45, 7) is 3.76. The van der Waals surface area contributed by atoms with Crippen LogP contribution < -0.4 is 0 Å². The highest BCUT2D eigenvalue weighted by atomic mass is 79.9. The third kappa shape index (κ3) is 28.4. The van der Waals surface area contributed by atoms with Gasteiger partial charge in [0.15, 0.2) is 0 Å². The summed E-state index contributed by atoms with van der Waals surface area (Å²) in [4.78, 5) is 36.0. The molecule has 1 heterocycles. The zero-order valence-electron chi connectivity index (χ0n) is 16.0. The van der Waals surface area contributed by atoms with Crippen molar-refractivity contribution in [1.82, 2.24) is 0 Å². The SMILES string of the molecule is CC(=O)O.CC(=O)O.CC(=O)O.CC(=O)O.OC[C@H]1O[C@@](O)(Br)[C@H](O)[C@@H](O)[C@H]1O. The van der Waals surface area contributed by atoms with E-state index in [1.165, 1.54) is 0 Å². The maximum Gasteiger partial charge on any atom is 0.300 e. The molecule has 9 N–H and O–H groups in total. The molecule has 0 bridgehead atoms. The zero-order chi connectivity index (χ0) is 24.5. The average Bonchev–Trinajstić information content (AvgIpc) is 2.47. The van der Waals surface area contributed by atoms with Gasteiger partial charge in [0.05, 0.1) is 6.61 Å². The molecular weight excluding hydrogens is 472 g/mol. The van der Waals surface area contributed by atoms with Crippen LogP contribution >= 0.6 is 15.9 Å². The number of halogens is 1. The Labute approximate surface area is 173 Å². The number of carbonyl (C=O) groups is 4.